The SMILES string of the molecule is COc1ccccc1N1CCN(C(=O)Nc2ccc(C#N)cc2F)CC1(C)C. The molecule has 2 aromatic carbocycles. The lowest BCUT2D eigenvalue weighted by molar-refractivity contribution is 0.181. The maximum atomic E-state index is 14.1. The van der Waals surface area contributed by atoms with E-state index in [1.807, 2.05) is 30.3 Å². The van der Waals surface area contributed by atoms with Crippen LogP contribution in [-0.2, 0) is 0 Å². The van der Waals surface area contributed by atoms with E-state index in [1.165, 1.54) is 12.1 Å². The Hall–Kier alpha value is -3.27. The number of anilines is 2. The van der Waals surface area contributed by atoms with E-state index >= 15 is 0 Å². The molecule has 1 heterocycles. The lowest BCUT2D eigenvalue weighted by Crippen LogP contribution is -2.61. The number of amides is 2. The van der Waals surface area contributed by atoms with Gasteiger partial charge in [-0.1, -0.05) is 12.1 Å². The number of nitrogens with one attached hydrogen (secondary N) is 1. The van der Waals surface area contributed by atoms with Crippen LogP contribution in [0, 0.1) is 17.1 Å². The predicted octanol–water partition coefficient (Wildman–Crippen LogP) is 3.84. The standard InChI is InChI=1S/C21H23FN4O2/c1-21(2)14-25(10-11-26(21)18-6-4-5-7-19(18)28-3)20(27)24-17-9-8-15(13-23)12-16(17)22/h4-9,12H,10-11,14H2,1-3H3,(H,24,27). The molecule has 146 valence electrons. The normalized spacial score (nSPS) is 15.7. The topological polar surface area (TPSA) is 68.6 Å². The van der Waals surface area contributed by atoms with E-state index in [2.05, 4.69) is 24.1 Å². The Morgan fingerprint density at radius 1 is 1.25 bits per heavy atom. The van der Waals surface area contributed by atoms with Crippen molar-refractivity contribution in [3.8, 4) is 11.8 Å². The molecule has 0 spiro atoms. The average molecular weight is 382 g/mol. The molecule has 6 nitrogen and oxygen atoms in total. The summed E-state index contributed by atoms with van der Waals surface area (Å²) in [5, 5.41) is 11.4. The fourth-order valence-corrected chi connectivity index (χ4v) is 3.51. The summed E-state index contributed by atoms with van der Waals surface area (Å²) < 4.78 is 19.6. The number of nitrogens with zero attached hydrogens (tertiary/aromatic N) is 3. The van der Waals surface area contributed by atoms with Crippen molar-refractivity contribution in [1.29, 1.82) is 5.26 Å². The molecule has 0 aliphatic carbocycles. The fourth-order valence-electron chi connectivity index (χ4n) is 3.51. The van der Waals surface area contributed by atoms with Crippen LogP contribution in [0.2, 0.25) is 0 Å². The van der Waals surface area contributed by atoms with Gasteiger partial charge < -0.3 is 19.9 Å². The lowest BCUT2D eigenvalue weighted by atomic mass is 9.97. The second kappa shape index (κ2) is 7.77. The highest BCUT2D eigenvalue weighted by Gasteiger charge is 2.37. The average Bonchev–Trinajstić information content (AvgIpc) is 2.68. The van der Waals surface area contributed by atoms with Crippen molar-refractivity contribution in [3.05, 3.63) is 53.8 Å². The molecule has 28 heavy (non-hydrogen) atoms. The highest BCUT2D eigenvalue weighted by Crippen LogP contribution is 2.35. The number of carbonyl (C=O) groups excluding carboxylic acids is 1. The van der Waals surface area contributed by atoms with Crippen LogP contribution in [-0.4, -0.2) is 43.2 Å². The third kappa shape index (κ3) is 3.86. The molecule has 0 bridgehead atoms. The number of methoxy groups -OCH3 is 1. The minimum absolute atomic E-state index is 0.0639. The third-order valence-corrected chi connectivity index (χ3v) is 4.90. The Labute approximate surface area is 164 Å². The number of halogens is 1. The summed E-state index contributed by atoms with van der Waals surface area (Å²) in [5.41, 5.74) is 0.914. The van der Waals surface area contributed by atoms with Crippen molar-refractivity contribution >= 4 is 17.4 Å². The van der Waals surface area contributed by atoms with Gasteiger partial charge in [0.1, 0.15) is 11.6 Å². The van der Waals surface area contributed by atoms with Gasteiger partial charge >= 0.3 is 6.03 Å². The molecular formula is C21H23FN4O2. The molecule has 1 N–H and O–H groups in total. The van der Waals surface area contributed by atoms with Crippen LogP contribution in [0.5, 0.6) is 5.75 Å². The van der Waals surface area contributed by atoms with Crippen LogP contribution in [0.1, 0.15) is 19.4 Å². The van der Waals surface area contributed by atoms with Crippen molar-refractivity contribution in [2.24, 2.45) is 0 Å². The quantitative estimate of drug-likeness (QED) is 0.876. The van der Waals surface area contributed by atoms with Gasteiger partial charge in [0.05, 0.1) is 35.7 Å². The van der Waals surface area contributed by atoms with Gasteiger partial charge in [0, 0.05) is 19.6 Å². The number of piperazine rings is 1. The van der Waals surface area contributed by atoms with Crippen LogP contribution in [0.25, 0.3) is 0 Å². The van der Waals surface area contributed by atoms with E-state index in [-0.39, 0.29) is 22.8 Å². The Kier molecular flexibility index (Phi) is 5.41. The van der Waals surface area contributed by atoms with Crippen LogP contribution >= 0.6 is 0 Å². The molecule has 1 aliphatic rings. The second-order valence-electron chi connectivity index (χ2n) is 7.29. The third-order valence-electron chi connectivity index (χ3n) is 4.90. The summed E-state index contributed by atoms with van der Waals surface area (Å²) in [5.74, 6) is 0.160. The molecule has 1 aliphatic heterocycles. The largest absolute Gasteiger partial charge is 0.495 e. The van der Waals surface area contributed by atoms with Gasteiger partial charge in [0.25, 0.3) is 0 Å². The minimum Gasteiger partial charge on any atom is -0.495 e. The van der Waals surface area contributed by atoms with Crippen molar-refractivity contribution in [3.63, 3.8) is 0 Å². The number of para-hydroxylation sites is 2. The van der Waals surface area contributed by atoms with Crippen molar-refractivity contribution in [2.75, 3.05) is 37.0 Å². The first-order valence-electron chi connectivity index (χ1n) is 9.02. The van der Waals surface area contributed by atoms with Gasteiger partial charge in [-0.3, -0.25) is 0 Å². The molecule has 0 atom stereocenters. The predicted molar refractivity (Wildman–Crippen MR) is 106 cm³/mol. The van der Waals surface area contributed by atoms with Crippen LogP contribution in [0.3, 0.4) is 0 Å². The number of rotatable bonds is 3. The first kappa shape index (κ1) is 19.5. The number of nitriles is 1. The molecule has 1 saturated heterocycles. The van der Waals surface area contributed by atoms with Crippen LogP contribution in [0.15, 0.2) is 42.5 Å². The molecule has 7 heteroatoms. The molecule has 0 aromatic heterocycles. The zero-order chi connectivity index (χ0) is 20.3. The highest BCUT2D eigenvalue weighted by molar-refractivity contribution is 5.90. The van der Waals surface area contributed by atoms with Gasteiger partial charge in [-0.15, -0.1) is 0 Å². The highest BCUT2D eigenvalue weighted by atomic mass is 19.1. The first-order valence-corrected chi connectivity index (χ1v) is 9.02. The van der Waals surface area contributed by atoms with Gasteiger partial charge in [-0.25, -0.2) is 9.18 Å². The van der Waals surface area contributed by atoms with Crippen LogP contribution < -0.4 is 15.0 Å². The molecule has 1 fully saturated rings. The summed E-state index contributed by atoms with van der Waals surface area (Å²) in [6, 6.07) is 13.3. The van der Waals surface area contributed by atoms with Gasteiger partial charge in [-0.05, 0) is 44.2 Å². The zero-order valence-corrected chi connectivity index (χ0v) is 16.2. The van der Waals surface area contributed by atoms with Gasteiger partial charge in [0.15, 0.2) is 0 Å². The Morgan fingerprint density at radius 3 is 2.64 bits per heavy atom. The lowest BCUT2D eigenvalue weighted by Gasteiger charge is -2.48. The van der Waals surface area contributed by atoms with E-state index < -0.39 is 5.82 Å². The summed E-state index contributed by atoms with van der Waals surface area (Å²) in [6.45, 7) is 5.69. The molecule has 0 unspecified atom stereocenters. The summed E-state index contributed by atoms with van der Waals surface area (Å²) in [6.07, 6.45) is 0. The number of urea groups is 1. The summed E-state index contributed by atoms with van der Waals surface area (Å²) in [7, 11) is 1.64. The maximum absolute atomic E-state index is 14.1. The number of benzene rings is 2. The van der Waals surface area contributed by atoms with Crippen molar-refractivity contribution in [1.82, 2.24) is 4.90 Å². The molecule has 0 radical (unpaired) electrons. The Bertz CT molecular complexity index is 923. The van der Waals surface area contributed by atoms with E-state index in [0.29, 0.717) is 19.6 Å². The monoisotopic (exact) mass is 382 g/mol. The fraction of sp³-hybridized carbons (Fsp3) is 0.333. The molecule has 2 aromatic rings. The number of carbonyl (C=O) groups is 1. The number of hydrogen-bond acceptors (Lipinski definition) is 4. The Morgan fingerprint density at radius 2 is 2.00 bits per heavy atom. The minimum atomic E-state index is -0.626. The molecule has 0 saturated carbocycles. The van der Waals surface area contributed by atoms with E-state index in [0.717, 1.165) is 17.5 Å². The van der Waals surface area contributed by atoms with Gasteiger partial charge in [0.2, 0.25) is 0 Å². The van der Waals surface area contributed by atoms with E-state index in [4.69, 9.17) is 10.00 Å². The molecule has 3 rings (SSSR count). The second-order valence-corrected chi connectivity index (χ2v) is 7.29. The zero-order valence-electron chi connectivity index (χ0n) is 16.2. The summed E-state index contributed by atoms with van der Waals surface area (Å²) in [4.78, 5) is 16.6. The molecular weight excluding hydrogens is 359 g/mol. The summed E-state index contributed by atoms with van der Waals surface area (Å²) >= 11 is 0. The Balaban J connectivity index is 1.73. The molecule has 2 amide bonds. The smallest absolute Gasteiger partial charge is 0.322 e. The van der Waals surface area contributed by atoms with E-state index in [1.54, 1.807) is 12.0 Å². The number of hydrogen-bond donors (Lipinski definition) is 1. The van der Waals surface area contributed by atoms with Crippen LogP contribution in [0.4, 0.5) is 20.6 Å². The van der Waals surface area contributed by atoms with Gasteiger partial charge in [-0.2, -0.15) is 5.26 Å². The van der Waals surface area contributed by atoms with E-state index in [9.17, 15) is 9.18 Å². The number of ether oxygens (including phenoxy) is 1. The first-order chi connectivity index (χ1) is 13.4. The maximum Gasteiger partial charge on any atom is 0.322 e. The van der Waals surface area contributed by atoms with Crippen molar-refractivity contribution < 1.29 is 13.9 Å². The van der Waals surface area contributed by atoms with Crippen molar-refractivity contribution in [2.45, 2.75) is 19.4 Å².